The maximum Gasteiger partial charge on any atom is 0.231 e. The summed E-state index contributed by atoms with van der Waals surface area (Å²) in [6.45, 7) is 1.89. The van der Waals surface area contributed by atoms with Crippen LogP contribution in [0.4, 0.5) is 5.82 Å². The van der Waals surface area contributed by atoms with E-state index in [1.54, 1.807) is 12.3 Å². The Morgan fingerprint density at radius 1 is 1.50 bits per heavy atom. The summed E-state index contributed by atoms with van der Waals surface area (Å²) < 4.78 is 30.2. The zero-order valence-corrected chi connectivity index (χ0v) is 10.0. The van der Waals surface area contributed by atoms with E-state index >= 15 is 0 Å². The maximum atomic E-state index is 11.1. The molecule has 1 heterocycles. The molecular formula is C10H14N2O3S. The smallest absolute Gasteiger partial charge is 0.231 e. The number of aromatic nitrogens is 1. The molecule has 0 amide bonds. The van der Waals surface area contributed by atoms with Gasteiger partial charge in [0.1, 0.15) is 0 Å². The fourth-order valence-corrected chi connectivity index (χ4v) is 1.75. The number of anilines is 1. The molecule has 0 atom stereocenters. The van der Waals surface area contributed by atoms with Gasteiger partial charge in [-0.25, -0.2) is 13.4 Å². The van der Waals surface area contributed by atoms with Gasteiger partial charge in [-0.2, -0.15) is 0 Å². The molecule has 0 aliphatic heterocycles. The number of sulfonamides is 1. The van der Waals surface area contributed by atoms with Crippen LogP contribution in [0.2, 0.25) is 0 Å². The molecule has 6 heteroatoms. The lowest BCUT2D eigenvalue weighted by Gasteiger charge is -2.11. The molecule has 2 rings (SSSR count). The average molecular weight is 242 g/mol. The van der Waals surface area contributed by atoms with E-state index in [1.807, 2.05) is 6.92 Å². The Hall–Kier alpha value is -1.30. The quantitative estimate of drug-likeness (QED) is 0.864. The molecule has 0 saturated heterocycles. The Labute approximate surface area is 94.9 Å². The van der Waals surface area contributed by atoms with Crippen LogP contribution in [0.3, 0.4) is 0 Å². The molecule has 1 aliphatic rings. The maximum absolute atomic E-state index is 11.1. The van der Waals surface area contributed by atoms with Crippen LogP contribution in [-0.2, 0) is 10.0 Å². The van der Waals surface area contributed by atoms with Gasteiger partial charge < -0.3 is 4.74 Å². The Kier molecular flexibility index (Phi) is 2.75. The van der Waals surface area contributed by atoms with Crippen molar-refractivity contribution in [2.45, 2.75) is 25.9 Å². The first-order valence-electron chi connectivity index (χ1n) is 5.05. The summed E-state index contributed by atoms with van der Waals surface area (Å²) in [5.74, 6) is 0.771. The Morgan fingerprint density at radius 3 is 2.75 bits per heavy atom. The second-order valence-electron chi connectivity index (χ2n) is 4.05. The van der Waals surface area contributed by atoms with Gasteiger partial charge in [0.2, 0.25) is 10.0 Å². The fourth-order valence-electron chi connectivity index (χ4n) is 1.25. The number of hydrogen-bond acceptors (Lipinski definition) is 4. The third-order valence-corrected chi connectivity index (χ3v) is 2.65. The van der Waals surface area contributed by atoms with E-state index in [1.165, 1.54) is 0 Å². The highest BCUT2D eigenvalue weighted by Gasteiger charge is 2.25. The minimum absolute atomic E-state index is 0.212. The molecular weight excluding hydrogens is 228 g/mol. The van der Waals surface area contributed by atoms with Crippen molar-refractivity contribution in [1.82, 2.24) is 4.98 Å². The molecule has 1 saturated carbocycles. The normalized spacial score (nSPS) is 15.9. The lowest BCUT2D eigenvalue weighted by Crippen LogP contribution is -2.12. The third kappa shape index (κ3) is 3.10. The molecule has 0 spiro atoms. The van der Waals surface area contributed by atoms with Crippen LogP contribution in [0, 0.1) is 6.92 Å². The van der Waals surface area contributed by atoms with Gasteiger partial charge in [-0.1, -0.05) is 0 Å². The summed E-state index contributed by atoms with van der Waals surface area (Å²) in [4.78, 5) is 4.03. The van der Waals surface area contributed by atoms with Crippen LogP contribution in [0.15, 0.2) is 12.3 Å². The first-order valence-corrected chi connectivity index (χ1v) is 6.94. The number of hydrogen-bond donors (Lipinski definition) is 1. The second kappa shape index (κ2) is 3.93. The molecule has 0 unspecified atom stereocenters. The Balaban J connectivity index is 2.27. The van der Waals surface area contributed by atoms with E-state index in [0.717, 1.165) is 24.7 Å². The predicted octanol–water partition coefficient (Wildman–Crippen LogP) is 1.30. The fraction of sp³-hybridized carbons (Fsp3) is 0.500. The third-order valence-electron chi connectivity index (χ3n) is 2.09. The van der Waals surface area contributed by atoms with E-state index in [-0.39, 0.29) is 11.9 Å². The van der Waals surface area contributed by atoms with Gasteiger partial charge >= 0.3 is 0 Å². The molecule has 0 bridgehead atoms. The van der Waals surface area contributed by atoms with E-state index in [2.05, 4.69) is 9.71 Å². The van der Waals surface area contributed by atoms with Crippen LogP contribution in [-0.4, -0.2) is 25.8 Å². The summed E-state index contributed by atoms with van der Waals surface area (Å²) in [7, 11) is -3.32. The number of nitrogens with zero attached hydrogens (tertiary/aromatic N) is 1. The van der Waals surface area contributed by atoms with E-state index < -0.39 is 10.0 Å². The molecule has 1 aliphatic carbocycles. The van der Waals surface area contributed by atoms with Gasteiger partial charge in [0.05, 0.1) is 12.4 Å². The summed E-state index contributed by atoms with van der Waals surface area (Å²) in [5.41, 5.74) is 0.940. The largest absolute Gasteiger partial charge is 0.487 e. The summed E-state index contributed by atoms with van der Waals surface area (Å²) in [6, 6.07) is 1.79. The highest BCUT2D eigenvalue weighted by atomic mass is 32.2. The highest BCUT2D eigenvalue weighted by molar-refractivity contribution is 7.92. The lowest BCUT2D eigenvalue weighted by molar-refractivity contribution is 0.303. The molecule has 88 valence electrons. The van der Waals surface area contributed by atoms with Gasteiger partial charge in [0, 0.05) is 6.20 Å². The van der Waals surface area contributed by atoms with Gasteiger partial charge in [-0.15, -0.1) is 0 Å². The Morgan fingerprint density at radius 2 is 2.19 bits per heavy atom. The molecule has 1 aromatic heterocycles. The summed E-state index contributed by atoms with van der Waals surface area (Å²) >= 11 is 0. The molecule has 0 radical (unpaired) electrons. The molecule has 5 nitrogen and oxygen atoms in total. The second-order valence-corrected chi connectivity index (χ2v) is 5.80. The SMILES string of the molecule is Cc1cnc(NS(C)(=O)=O)c(OC2CC2)c1. The van der Waals surface area contributed by atoms with Crippen molar-refractivity contribution < 1.29 is 13.2 Å². The van der Waals surface area contributed by atoms with Crippen molar-refractivity contribution in [3.63, 3.8) is 0 Å². The first kappa shape index (κ1) is 11.2. The average Bonchev–Trinajstić information content (AvgIpc) is 2.91. The van der Waals surface area contributed by atoms with Crippen molar-refractivity contribution >= 4 is 15.8 Å². The van der Waals surface area contributed by atoms with Crippen LogP contribution >= 0.6 is 0 Å². The van der Waals surface area contributed by atoms with Crippen molar-refractivity contribution in [3.8, 4) is 5.75 Å². The number of ether oxygens (including phenoxy) is 1. The minimum Gasteiger partial charge on any atom is -0.487 e. The van der Waals surface area contributed by atoms with E-state index in [0.29, 0.717) is 5.75 Å². The van der Waals surface area contributed by atoms with Crippen molar-refractivity contribution in [1.29, 1.82) is 0 Å². The van der Waals surface area contributed by atoms with Crippen molar-refractivity contribution in [2.75, 3.05) is 11.0 Å². The van der Waals surface area contributed by atoms with Crippen molar-refractivity contribution in [3.05, 3.63) is 17.8 Å². The molecule has 0 aromatic carbocycles. The Bertz CT molecular complexity index is 495. The predicted molar refractivity (Wildman–Crippen MR) is 61.1 cm³/mol. The summed E-state index contributed by atoms with van der Waals surface area (Å²) in [6.07, 6.45) is 4.95. The molecule has 1 N–H and O–H groups in total. The monoisotopic (exact) mass is 242 g/mol. The van der Waals surface area contributed by atoms with Gasteiger partial charge in [0.25, 0.3) is 0 Å². The van der Waals surface area contributed by atoms with E-state index in [9.17, 15) is 8.42 Å². The standard InChI is InChI=1S/C10H14N2O3S/c1-7-5-9(15-8-3-4-8)10(11-6-7)12-16(2,13)14/h5-6,8H,3-4H2,1-2H3,(H,11,12). The number of nitrogens with one attached hydrogen (secondary N) is 1. The topological polar surface area (TPSA) is 68.3 Å². The number of aryl methyl sites for hydroxylation is 1. The van der Waals surface area contributed by atoms with Crippen LogP contribution in [0.5, 0.6) is 5.75 Å². The first-order chi connectivity index (χ1) is 7.44. The lowest BCUT2D eigenvalue weighted by atomic mass is 10.3. The van der Waals surface area contributed by atoms with Gasteiger partial charge in [-0.3, -0.25) is 4.72 Å². The van der Waals surface area contributed by atoms with E-state index in [4.69, 9.17) is 4.74 Å². The molecule has 1 aromatic rings. The highest BCUT2D eigenvalue weighted by Crippen LogP contribution is 2.31. The molecule has 1 fully saturated rings. The van der Waals surface area contributed by atoms with Gasteiger partial charge in [-0.05, 0) is 31.4 Å². The molecule has 16 heavy (non-hydrogen) atoms. The summed E-state index contributed by atoms with van der Waals surface area (Å²) in [5, 5.41) is 0. The van der Waals surface area contributed by atoms with Crippen LogP contribution in [0.25, 0.3) is 0 Å². The van der Waals surface area contributed by atoms with Crippen LogP contribution < -0.4 is 9.46 Å². The number of pyridine rings is 1. The van der Waals surface area contributed by atoms with Gasteiger partial charge in [0.15, 0.2) is 11.6 Å². The van der Waals surface area contributed by atoms with Crippen LogP contribution in [0.1, 0.15) is 18.4 Å². The minimum atomic E-state index is -3.32. The number of rotatable bonds is 4. The zero-order valence-electron chi connectivity index (χ0n) is 9.23. The zero-order chi connectivity index (χ0) is 11.8. The van der Waals surface area contributed by atoms with Crippen molar-refractivity contribution in [2.24, 2.45) is 0 Å².